The first-order valence-corrected chi connectivity index (χ1v) is 6.68. The molecule has 0 bridgehead atoms. The summed E-state index contributed by atoms with van der Waals surface area (Å²) in [4.78, 5) is 21.6. The van der Waals surface area contributed by atoms with Crippen LogP contribution in [0.1, 0.15) is 10.4 Å². The summed E-state index contributed by atoms with van der Waals surface area (Å²) in [6, 6.07) is 2.99. The molecule has 98 valence electrons. The SMILES string of the molecule is O=C(OCC(F)C(=O)[O-])c1cc(I)cc(I)c1O. The Morgan fingerprint density at radius 2 is 2.06 bits per heavy atom. The lowest BCUT2D eigenvalue weighted by Crippen LogP contribution is -2.36. The van der Waals surface area contributed by atoms with E-state index in [4.69, 9.17) is 0 Å². The maximum Gasteiger partial charge on any atom is 0.342 e. The number of hydrogen-bond donors (Lipinski definition) is 1. The number of carbonyl (C=O) groups is 2. The number of benzene rings is 1. The number of carboxylic acid groups (broad SMARTS) is 1. The maximum absolute atomic E-state index is 12.7. The minimum atomic E-state index is -2.39. The van der Waals surface area contributed by atoms with Crippen LogP contribution >= 0.6 is 45.2 Å². The fourth-order valence-electron chi connectivity index (χ4n) is 1.02. The number of aliphatic carboxylic acids is 1. The molecule has 1 aromatic carbocycles. The molecule has 1 rings (SSSR count). The number of carbonyl (C=O) groups excluding carboxylic acids is 2. The largest absolute Gasteiger partial charge is 0.547 e. The summed E-state index contributed by atoms with van der Waals surface area (Å²) in [5, 5.41) is 19.7. The van der Waals surface area contributed by atoms with E-state index in [9.17, 15) is 24.2 Å². The van der Waals surface area contributed by atoms with Gasteiger partial charge in [0.15, 0.2) is 6.17 Å². The van der Waals surface area contributed by atoms with Crippen LogP contribution < -0.4 is 5.11 Å². The Hall–Kier alpha value is -0.650. The first-order chi connectivity index (χ1) is 8.32. The molecule has 0 fully saturated rings. The van der Waals surface area contributed by atoms with Gasteiger partial charge < -0.3 is 19.7 Å². The van der Waals surface area contributed by atoms with Gasteiger partial charge in [-0.15, -0.1) is 0 Å². The topological polar surface area (TPSA) is 86.7 Å². The second-order valence-electron chi connectivity index (χ2n) is 3.17. The molecule has 0 aliphatic heterocycles. The quantitative estimate of drug-likeness (QED) is 0.512. The predicted octanol–water partition coefficient (Wildman–Crippen LogP) is 0.846. The van der Waals surface area contributed by atoms with Crippen molar-refractivity contribution in [2.75, 3.05) is 6.61 Å². The monoisotopic (exact) mass is 479 g/mol. The third-order valence-electron chi connectivity index (χ3n) is 1.86. The second kappa shape index (κ2) is 6.50. The Morgan fingerprint density at radius 3 is 2.61 bits per heavy atom. The lowest BCUT2D eigenvalue weighted by atomic mass is 10.2. The van der Waals surface area contributed by atoms with Gasteiger partial charge >= 0.3 is 5.97 Å². The summed E-state index contributed by atoms with van der Waals surface area (Å²) in [5.41, 5.74) is -0.142. The highest BCUT2D eigenvalue weighted by atomic mass is 127. The van der Waals surface area contributed by atoms with Gasteiger partial charge in [-0.3, -0.25) is 0 Å². The van der Waals surface area contributed by atoms with Crippen molar-refractivity contribution < 1.29 is 28.9 Å². The Bertz CT molecular complexity index is 491. The Kier molecular flexibility index (Phi) is 5.56. The van der Waals surface area contributed by atoms with Gasteiger partial charge in [0.05, 0.1) is 9.54 Å². The second-order valence-corrected chi connectivity index (χ2v) is 5.58. The molecule has 0 aromatic heterocycles. The summed E-state index contributed by atoms with van der Waals surface area (Å²) in [5.74, 6) is -3.23. The van der Waals surface area contributed by atoms with E-state index in [2.05, 4.69) is 4.74 Å². The molecule has 0 spiro atoms. The van der Waals surface area contributed by atoms with Gasteiger partial charge in [0.2, 0.25) is 0 Å². The first-order valence-electron chi connectivity index (χ1n) is 4.53. The van der Waals surface area contributed by atoms with Crippen LogP contribution in [-0.2, 0) is 9.53 Å². The van der Waals surface area contributed by atoms with Crippen molar-refractivity contribution in [3.63, 3.8) is 0 Å². The predicted molar refractivity (Wildman–Crippen MR) is 73.7 cm³/mol. The molecule has 0 radical (unpaired) electrons. The number of phenolic OH excluding ortho intramolecular Hbond substituents is 1. The number of phenols is 1. The van der Waals surface area contributed by atoms with Crippen LogP contribution in [0.4, 0.5) is 4.39 Å². The van der Waals surface area contributed by atoms with Crippen molar-refractivity contribution >= 4 is 57.1 Å². The fraction of sp³-hybridized carbons (Fsp3) is 0.200. The van der Waals surface area contributed by atoms with E-state index in [1.807, 2.05) is 45.2 Å². The van der Waals surface area contributed by atoms with E-state index in [-0.39, 0.29) is 11.3 Å². The number of hydrogen-bond acceptors (Lipinski definition) is 5. The van der Waals surface area contributed by atoms with Crippen LogP contribution in [0, 0.1) is 7.14 Å². The molecule has 1 aromatic rings. The van der Waals surface area contributed by atoms with Crippen LogP contribution in [0.2, 0.25) is 0 Å². The van der Waals surface area contributed by atoms with Gasteiger partial charge in [0.25, 0.3) is 0 Å². The van der Waals surface area contributed by atoms with Crippen molar-refractivity contribution in [2.45, 2.75) is 6.17 Å². The highest BCUT2D eigenvalue weighted by molar-refractivity contribution is 14.1. The van der Waals surface area contributed by atoms with Crippen molar-refractivity contribution in [2.24, 2.45) is 0 Å². The first kappa shape index (κ1) is 15.4. The number of carboxylic acids is 1. The number of aromatic hydroxyl groups is 1. The highest BCUT2D eigenvalue weighted by Gasteiger charge is 2.18. The summed E-state index contributed by atoms with van der Waals surface area (Å²) in [7, 11) is 0. The van der Waals surface area contributed by atoms with E-state index in [0.717, 1.165) is 0 Å². The van der Waals surface area contributed by atoms with Crippen molar-refractivity contribution in [3.8, 4) is 5.75 Å². The molecule has 0 heterocycles. The van der Waals surface area contributed by atoms with Crippen LogP contribution in [0.5, 0.6) is 5.75 Å². The van der Waals surface area contributed by atoms with E-state index >= 15 is 0 Å². The third-order valence-corrected chi connectivity index (χ3v) is 3.31. The van der Waals surface area contributed by atoms with Crippen LogP contribution in [-0.4, -0.2) is 29.8 Å². The molecule has 1 atom stereocenters. The number of alkyl halides is 1. The molecule has 8 heteroatoms. The van der Waals surface area contributed by atoms with Crippen molar-refractivity contribution in [3.05, 3.63) is 24.8 Å². The molecule has 5 nitrogen and oxygen atoms in total. The van der Waals surface area contributed by atoms with Crippen LogP contribution in [0.15, 0.2) is 12.1 Å². The number of rotatable bonds is 4. The summed E-state index contributed by atoms with van der Waals surface area (Å²) in [6.45, 7) is -0.956. The van der Waals surface area contributed by atoms with Gasteiger partial charge in [-0.1, -0.05) is 0 Å². The molecule has 0 saturated carbocycles. The average molecular weight is 479 g/mol. The Balaban J connectivity index is 2.82. The van der Waals surface area contributed by atoms with Gasteiger partial charge in [-0.25, -0.2) is 9.18 Å². The van der Waals surface area contributed by atoms with Gasteiger partial charge in [0, 0.05) is 3.57 Å². The van der Waals surface area contributed by atoms with Crippen molar-refractivity contribution in [1.82, 2.24) is 0 Å². The standard InChI is InChI=1S/C10H7FI2O5/c11-6(9(15)16)3-18-10(17)5-1-4(12)2-7(13)8(5)14/h1-2,6,14H,3H2,(H,15,16)/p-1. The van der Waals surface area contributed by atoms with E-state index in [0.29, 0.717) is 7.14 Å². The third kappa shape index (κ3) is 3.93. The normalized spacial score (nSPS) is 11.9. The maximum atomic E-state index is 12.7. The lowest BCUT2D eigenvalue weighted by molar-refractivity contribution is -0.312. The van der Waals surface area contributed by atoms with E-state index < -0.39 is 24.7 Å². The van der Waals surface area contributed by atoms with Crippen molar-refractivity contribution in [1.29, 1.82) is 0 Å². The van der Waals surface area contributed by atoms with Crippen LogP contribution in [0.3, 0.4) is 0 Å². The highest BCUT2D eigenvalue weighted by Crippen LogP contribution is 2.27. The molecular weight excluding hydrogens is 473 g/mol. The van der Waals surface area contributed by atoms with Crippen LogP contribution in [0.25, 0.3) is 0 Å². The van der Waals surface area contributed by atoms with Gasteiger partial charge in [-0.2, -0.15) is 0 Å². The van der Waals surface area contributed by atoms with Gasteiger partial charge in [0.1, 0.15) is 17.9 Å². The molecule has 1 unspecified atom stereocenters. The minimum absolute atomic E-state index is 0.142. The summed E-state index contributed by atoms with van der Waals surface area (Å²) in [6.07, 6.45) is -2.39. The molecule has 0 aliphatic carbocycles. The van der Waals surface area contributed by atoms with Gasteiger partial charge in [-0.05, 0) is 57.3 Å². The molecular formula is C10H6FI2O5-. The smallest absolute Gasteiger partial charge is 0.342 e. The fourth-order valence-corrected chi connectivity index (χ4v) is 2.86. The summed E-state index contributed by atoms with van der Waals surface area (Å²) < 4.78 is 18.2. The zero-order chi connectivity index (χ0) is 13.9. The van der Waals surface area contributed by atoms with E-state index in [1.54, 1.807) is 6.07 Å². The average Bonchev–Trinajstić information content (AvgIpc) is 2.29. The molecule has 0 amide bonds. The van der Waals surface area contributed by atoms with E-state index in [1.165, 1.54) is 6.07 Å². The lowest BCUT2D eigenvalue weighted by Gasteiger charge is -2.11. The molecule has 18 heavy (non-hydrogen) atoms. The molecule has 1 N–H and O–H groups in total. The zero-order valence-corrected chi connectivity index (χ0v) is 13.0. The summed E-state index contributed by atoms with van der Waals surface area (Å²) >= 11 is 3.75. The minimum Gasteiger partial charge on any atom is -0.547 e. The molecule has 0 aliphatic rings. The Labute approximate surface area is 129 Å². The zero-order valence-electron chi connectivity index (χ0n) is 8.65. The molecule has 0 saturated heterocycles. The number of esters is 1. The number of ether oxygens (including phenoxy) is 1. The number of halogens is 3. The Morgan fingerprint density at radius 1 is 1.44 bits per heavy atom.